The van der Waals surface area contributed by atoms with Crippen molar-refractivity contribution in [3.05, 3.63) is 16.9 Å². The van der Waals surface area contributed by atoms with Gasteiger partial charge in [0.2, 0.25) is 0 Å². The van der Waals surface area contributed by atoms with Gasteiger partial charge in [0.25, 0.3) is 0 Å². The first-order valence-electron chi connectivity index (χ1n) is 6.66. The Morgan fingerprint density at radius 1 is 1.50 bits per heavy atom. The van der Waals surface area contributed by atoms with E-state index in [1.165, 1.54) is 19.3 Å². The van der Waals surface area contributed by atoms with Gasteiger partial charge in [0.05, 0.1) is 36.1 Å². The molecule has 0 bridgehead atoms. The van der Waals surface area contributed by atoms with E-state index in [1.807, 2.05) is 4.68 Å². The third kappa shape index (κ3) is 2.17. The van der Waals surface area contributed by atoms with E-state index in [1.54, 1.807) is 13.3 Å². The molecular weight excluding hydrogens is 250 g/mol. The molecule has 0 amide bonds. The molecule has 1 aromatic heterocycles. The predicted octanol–water partition coefficient (Wildman–Crippen LogP) is 2.23. The minimum atomic E-state index is 0.0182. The van der Waals surface area contributed by atoms with E-state index in [-0.39, 0.29) is 6.04 Å². The van der Waals surface area contributed by atoms with E-state index in [2.05, 4.69) is 5.10 Å². The number of ether oxygens (including phenoxy) is 1. The summed E-state index contributed by atoms with van der Waals surface area (Å²) in [7, 11) is 1.69. The molecule has 2 aliphatic carbocycles. The van der Waals surface area contributed by atoms with Crippen molar-refractivity contribution >= 4 is 11.6 Å². The lowest BCUT2D eigenvalue weighted by Crippen LogP contribution is -2.25. The number of hydrogen-bond acceptors (Lipinski definition) is 3. The van der Waals surface area contributed by atoms with E-state index in [4.69, 9.17) is 22.1 Å². The van der Waals surface area contributed by atoms with Gasteiger partial charge in [-0.05, 0) is 37.0 Å². The zero-order valence-corrected chi connectivity index (χ0v) is 11.4. The first-order chi connectivity index (χ1) is 8.70. The smallest absolute Gasteiger partial charge is 0.0834 e. The maximum Gasteiger partial charge on any atom is 0.0834 e. The number of hydrogen-bond donors (Lipinski definition) is 1. The van der Waals surface area contributed by atoms with Crippen LogP contribution in [0.4, 0.5) is 0 Å². The molecule has 2 aliphatic rings. The summed E-state index contributed by atoms with van der Waals surface area (Å²) in [6.07, 6.45) is 5.64. The summed E-state index contributed by atoms with van der Waals surface area (Å²) in [6, 6.07) is 0.0182. The number of nitrogens with two attached hydrogens (primary N) is 1. The van der Waals surface area contributed by atoms with Gasteiger partial charge in [-0.1, -0.05) is 11.6 Å². The van der Waals surface area contributed by atoms with Crippen LogP contribution < -0.4 is 5.73 Å². The molecule has 0 aliphatic heterocycles. The third-order valence-electron chi connectivity index (χ3n) is 4.44. The third-order valence-corrected chi connectivity index (χ3v) is 4.74. The minimum absolute atomic E-state index is 0.0182. The van der Waals surface area contributed by atoms with Gasteiger partial charge in [-0.3, -0.25) is 4.68 Å². The van der Waals surface area contributed by atoms with Crippen LogP contribution in [0, 0.1) is 17.8 Å². The lowest BCUT2D eigenvalue weighted by molar-refractivity contribution is 0.181. The fourth-order valence-electron chi connectivity index (χ4n) is 3.34. The van der Waals surface area contributed by atoms with Crippen LogP contribution in [0.25, 0.3) is 0 Å². The molecule has 1 heterocycles. The van der Waals surface area contributed by atoms with Gasteiger partial charge in [0.15, 0.2) is 0 Å². The Kier molecular flexibility index (Phi) is 3.34. The quantitative estimate of drug-likeness (QED) is 0.892. The van der Waals surface area contributed by atoms with Crippen molar-refractivity contribution in [1.29, 1.82) is 0 Å². The number of halogens is 1. The summed E-state index contributed by atoms with van der Waals surface area (Å²) < 4.78 is 7.00. The van der Waals surface area contributed by atoms with Gasteiger partial charge < -0.3 is 10.5 Å². The highest BCUT2D eigenvalue weighted by Crippen LogP contribution is 2.56. The average Bonchev–Trinajstić information content (AvgIpc) is 2.82. The number of fused-ring (bicyclic) bond motifs is 1. The maximum atomic E-state index is 6.41. The van der Waals surface area contributed by atoms with E-state index >= 15 is 0 Å². The maximum absolute atomic E-state index is 6.41. The van der Waals surface area contributed by atoms with Crippen LogP contribution in [0.2, 0.25) is 5.02 Å². The van der Waals surface area contributed by atoms with Crippen molar-refractivity contribution in [3.63, 3.8) is 0 Å². The van der Waals surface area contributed by atoms with Gasteiger partial charge in [-0.15, -0.1) is 0 Å². The molecule has 2 N–H and O–H groups in total. The Bertz CT molecular complexity index is 424. The molecule has 1 aromatic rings. The first-order valence-corrected chi connectivity index (χ1v) is 7.04. The molecule has 2 saturated carbocycles. The molecular formula is C13H20ClN3O. The highest BCUT2D eigenvalue weighted by atomic mass is 35.5. The average molecular weight is 270 g/mol. The predicted molar refractivity (Wildman–Crippen MR) is 70.4 cm³/mol. The molecule has 18 heavy (non-hydrogen) atoms. The van der Waals surface area contributed by atoms with E-state index in [9.17, 15) is 0 Å². The highest BCUT2D eigenvalue weighted by Gasteiger charge is 2.48. The lowest BCUT2D eigenvalue weighted by atomic mass is 9.93. The van der Waals surface area contributed by atoms with E-state index in [0.29, 0.717) is 24.1 Å². The second-order valence-corrected chi connectivity index (χ2v) is 6.01. The Labute approximate surface area is 112 Å². The van der Waals surface area contributed by atoms with Gasteiger partial charge in [-0.2, -0.15) is 5.10 Å². The van der Waals surface area contributed by atoms with Gasteiger partial charge in [0.1, 0.15) is 0 Å². The molecule has 0 radical (unpaired) electrons. The Hall–Kier alpha value is -0.580. The van der Waals surface area contributed by atoms with E-state index < -0.39 is 0 Å². The van der Waals surface area contributed by atoms with Crippen LogP contribution >= 0.6 is 11.6 Å². The molecule has 5 heteroatoms. The number of rotatable bonds is 5. The standard InChI is InChI=1S/C13H20ClN3O/c1-18-3-2-17-13(11(14)7-16-17)12(15)10-5-8-4-9(8)6-10/h7-10,12H,2-6,15H2,1H3. The molecule has 100 valence electrons. The molecule has 3 atom stereocenters. The van der Waals surface area contributed by atoms with Crippen LogP contribution in [0.5, 0.6) is 0 Å². The van der Waals surface area contributed by atoms with Crippen LogP contribution in [0.3, 0.4) is 0 Å². The molecule has 0 spiro atoms. The van der Waals surface area contributed by atoms with Crippen LogP contribution in [-0.4, -0.2) is 23.5 Å². The zero-order valence-electron chi connectivity index (χ0n) is 10.7. The molecule has 4 nitrogen and oxygen atoms in total. The summed E-state index contributed by atoms with van der Waals surface area (Å²) in [5.74, 6) is 2.45. The fraction of sp³-hybridized carbons (Fsp3) is 0.769. The lowest BCUT2D eigenvalue weighted by Gasteiger charge is -2.22. The summed E-state index contributed by atoms with van der Waals surface area (Å²) in [4.78, 5) is 0. The van der Waals surface area contributed by atoms with Crippen molar-refractivity contribution in [2.24, 2.45) is 23.5 Å². The van der Waals surface area contributed by atoms with Crippen molar-refractivity contribution in [2.45, 2.75) is 31.8 Å². The normalized spacial score (nSPS) is 31.4. The van der Waals surface area contributed by atoms with Crippen molar-refractivity contribution < 1.29 is 4.74 Å². The molecule has 3 unspecified atom stereocenters. The number of methoxy groups -OCH3 is 1. The topological polar surface area (TPSA) is 53.1 Å². The van der Waals surface area contributed by atoms with E-state index in [0.717, 1.165) is 17.5 Å². The van der Waals surface area contributed by atoms with Gasteiger partial charge in [0, 0.05) is 7.11 Å². The summed E-state index contributed by atoms with van der Waals surface area (Å²) in [5, 5.41) is 4.99. The van der Waals surface area contributed by atoms with Crippen molar-refractivity contribution in [3.8, 4) is 0 Å². The van der Waals surface area contributed by atoms with Crippen LogP contribution in [0.15, 0.2) is 6.20 Å². The highest BCUT2D eigenvalue weighted by molar-refractivity contribution is 6.31. The van der Waals surface area contributed by atoms with Crippen LogP contribution in [0.1, 0.15) is 31.0 Å². The summed E-state index contributed by atoms with van der Waals surface area (Å²) in [6.45, 7) is 1.35. The summed E-state index contributed by atoms with van der Waals surface area (Å²) >= 11 is 6.24. The SMILES string of the molecule is COCCn1ncc(Cl)c1C(N)C1CC2CC2C1. The Morgan fingerprint density at radius 2 is 2.22 bits per heavy atom. The second kappa shape index (κ2) is 4.83. The molecule has 0 aromatic carbocycles. The van der Waals surface area contributed by atoms with Gasteiger partial charge >= 0.3 is 0 Å². The summed E-state index contributed by atoms with van der Waals surface area (Å²) in [5.41, 5.74) is 7.40. The Balaban J connectivity index is 1.75. The van der Waals surface area contributed by atoms with Crippen molar-refractivity contribution in [2.75, 3.05) is 13.7 Å². The molecule has 0 saturated heterocycles. The van der Waals surface area contributed by atoms with Crippen LogP contribution in [-0.2, 0) is 11.3 Å². The van der Waals surface area contributed by atoms with Gasteiger partial charge in [-0.25, -0.2) is 0 Å². The monoisotopic (exact) mass is 269 g/mol. The zero-order chi connectivity index (χ0) is 12.7. The molecule has 2 fully saturated rings. The number of nitrogens with zero attached hydrogens (tertiary/aromatic N) is 2. The largest absolute Gasteiger partial charge is 0.383 e. The number of aromatic nitrogens is 2. The Morgan fingerprint density at radius 3 is 2.89 bits per heavy atom. The molecule has 3 rings (SSSR count). The first kappa shape index (κ1) is 12.5. The minimum Gasteiger partial charge on any atom is -0.383 e. The second-order valence-electron chi connectivity index (χ2n) is 5.61. The fourth-order valence-corrected chi connectivity index (χ4v) is 3.60. The van der Waals surface area contributed by atoms with Crippen molar-refractivity contribution in [1.82, 2.24) is 9.78 Å².